The summed E-state index contributed by atoms with van der Waals surface area (Å²) in [7, 11) is -2.51. The molecule has 9 nitrogen and oxygen atoms in total. The van der Waals surface area contributed by atoms with Gasteiger partial charge < -0.3 is 14.6 Å². The lowest BCUT2D eigenvalue weighted by atomic mass is 10.2. The lowest BCUT2D eigenvalue weighted by Gasteiger charge is -2.11. The Morgan fingerprint density at radius 1 is 1.12 bits per heavy atom. The van der Waals surface area contributed by atoms with E-state index >= 15 is 0 Å². The Balaban J connectivity index is 1.65. The predicted octanol–water partition coefficient (Wildman–Crippen LogP) is 4.63. The standard InChI is InChI=1S/C22H18Cl2N4O5S/c1-13-20(12-28-11-15(24)10-25-28)21(27-33-13)22(29)26-16-7-17(32-2)9-19(8-16)34(30,31)18-5-3-14(23)4-6-18/h3-11H,12H2,1-2H3,(H,26,29). The van der Waals surface area contributed by atoms with Crippen molar-refractivity contribution in [3.63, 3.8) is 0 Å². The van der Waals surface area contributed by atoms with Gasteiger partial charge in [-0.25, -0.2) is 8.42 Å². The largest absolute Gasteiger partial charge is 0.497 e. The maximum Gasteiger partial charge on any atom is 0.278 e. The van der Waals surface area contributed by atoms with Crippen LogP contribution in [0.5, 0.6) is 5.75 Å². The molecule has 0 saturated carbocycles. The molecule has 0 saturated heterocycles. The number of ether oxygens (including phenoxy) is 1. The summed E-state index contributed by atoms with van der Waals surface area (Å²) in [6.45, 7) is 1.88. The molecular formula is C22H18Cl2N4O5S. The fraction of sp³-hybridized carbons (Fsp3) is 0.136. The van der Waals surface area contributed by atoms with Gasteiger partial charge in [0, 0.05) is 28.5 Å². The van der Waals surface area contributed by atoms with Crippen molar-refractivity contribution < 1.29 is 22.5 Å². The van der Waals surface area contributed by atoms with Crippen molar-refractivity contribution in [1.29, 1.82) is 0 Å². The molecule has 0 radical (unpaired) electrons. The van der Waals surface area contributed by atoms with Gasteiger partial charge in [-0.2, -0.15) is 5.10 Å². The van der Waals surface area contributed by atoms with Gasteiger partial charge in [0.1, 0.15) is 11.5 Å². The third kappa shape index (κ3) is 4.93. The van der Waals surface area contributed by atoms with E-state index in [-0.39, 0.29) is 33.5 Å². The molecule has 2 heterocycles. The average molecular weight is 521 g/mol. The van der Waals surface area contributed by atoms with E-state index in [1.54, 1.807) is 17.8 Å². The minimum Gasteiger partial charge on any atom is -0.497 e. The number of halogens is 2. The fourth-order valence-electron chi connectivity index (χ4n) is 3.20. The van der Waals surface area contributed by atoms with E-state index in [0.29, 0.717) is 21.4 Å². The van der Waals surface area contributed by atoms with E-state index in [2.05, 4.69) is 15.6 Å². The van der Waals surface area contributed by atoms with Crippen molar-refractivity contribution in [2.75, 3.05) is 12.4 Å². The third-order valence-electron chi connectivity index (χ3n) is 4.93. The summed E-state index contributed by atoms with van der Waals surface area (Å²) < 4.78 is 38.2. The molecule has 0 aliphatic heterocycles. The highest BCUT2D eigenvalue weighted by molar-refractivity contribution is 7.91. The Morgan fingerprint density at radius 2 is 1.85 bits per heavy atom. The van der Waals surface area contributed by atoms with Gasteiger partial charge in [-0.05, 0) is 43.3 Å². The molecule has 0 aliphatic carbocycles. The van der Waals surface area contributed by atoms with Crippen molar-refractivity contribution in [1.82, 2.24) is 14.9 Å². The summed E-state index contributed by atoms with van der Waals surface area (Å²) in [5, 5.41) is 11.5. The smallest absolute Gasteiger partial charge is 0.278 e. The molecule has 1 amide bonds. The van der Waals surface area contributed by atoms with Gasteiger partial charge in [0.15, 0.2) is 5.69 Å². The molecular weight excluding hydrogens is 503 g/mol. The van der Waals surface area contributed by atoms with Crippen LogP contribution < -0.4 is 10.1 Å². The highest BCUT2D eigenvalue weighted by Crippen LogP contribution is 2.29. The highest BCUT2D eigenvalue weighted by atomic mass is 35.5. The van der Waals surface area contributed by atoms with Crippen LogP contribution in [0.1, 0.15) is 21.8 Å². The number of anilines is 1. The van der Waals surface area contributed by atoms with Crippen LogP contribution in [-0.4, -0.2) is 36.4 Å². The molecule has 0 fully saturated rings. The van der Waals surface area contributed by atoms with Crippen molar-refractivity contribution >= 4 is 44.6 Å². The van der Waals surface area contributed by atoms with E-state index in [9.17, 15) is 13.2 Å². The Kier molecular flexibility index (Phi) is 6.65. The second-order valence-corrected chi connectivity index (χ2v) is 10.1. The Bertz CT molecular complexity index is 1460. The number of amides is 1. The summed E-state index contributed by atoms with van der Waals surface area (Å²) in [4.78, 5) is 13.0. The van der Waals surface area contributed by atoms with Crippen LogP contribution in [0.15, 0.2) is 69.2 Å². The average Bonchev–Trinajstić information content (AvgIpc) is 3.39. The summed E-state index contributed by atoms with van der Waals surface area (Å²) in [5.41, 5.74) is 0.744. The Hall–Kier alpha value is -3.34. The van der Waals surface area contributed by atoms with Crippen LogP contribution in [-0.2, 0) is 16.4 Å². The first-order valence-corrected chi connectivity index (χ1v) is 12.1. The van der Waals surface area contributed by atoms with E-state index in [1.165, 1.54) is 55.8 Å². The number of nitrogens with one attached hydrogen (secondary N) is 1. The van der Waals surface area contributed by atoms with Crippen molar-refractivity contribution in [2.45, 2.75) is 23.3 Å². The molecule has 0 spiro atoms. The molecule has 176 valence electrons. The first-order chi connectivity index (χ1) is 16.2. The van der Waals surface area contributed by atoms with Gasteiger partial charge in [-0.3, -0.25) is 9.48 Å². The van der Waals surface area contributed by atoms with Crippen LogP contribution in [0.25, 0.3) is 0 Å². The van der Waals surface area contributed by atoms with Crippen LogP contribution in [0.4, 0.5) is 5.69 Å². The van der Waals surface area contributed by atoms with E-state index in [0.717, 1.165) is 0 Å². The Labute approximate surface area is 205 Å². The Morgan fingerprint density at radius 3 is 2.50 bits per heavy atom. The van der Waals surface area contributed by atoms with Crippen molar-refractivity contribution in [3.8, 4) is 5.75 Å². The molecule has 34 heavy (non-hydrogen) atoms. The zero-order valence-electron chi connectivity index (χ0n) is 18.0. The molecule has 0 unspecified atom stereocenters. The monoisotopic (exact) mass is 520 g/mol. The van der Waals surface area contributed by atoms with Gasteiger partial charge in [-0.1, -0.05) is 28.4 Å². The van der Waals surface area contributed by atoms with E-state index in [1.807, 2.05) is 0 Å². The third-order valence-corrected chi connectivity index (χ3v) is 7.13. The second-order valence-electron chi connectivity index (χ2n) is 7.23. The normalized spacial score (nSPS) is 11.4. The zero-order valence-corrected chi connectivity index (χ0v) is 20.3. The molecule has 0 aliphatic rings. The first-order valence-electron chi connectivity index (χ1n) is 9.81. The minimum atomic E-state index is -3.90. The number of carbonyl (C=O) groups excluding carboxylic acids is 1. The molecule has 2 aromatic carbocycles. The number of nitrogens with zero attached hydrogens (tertiary/aromatic N) is 3. The SMILES string of the molecule is COc1cc(NC(=O)c2noc(C)c2Cn2cc(Cl)cn2)cc(S(=O)(=O)c2ccc(Cl)cc2)c1. The van der Waals surface area contributed by atoms with E-state index in [4.69, 9.17) is 32.5 Å². The lowest BCUT2D eigenvalue weighted by Crippen LogP contribution is -2.16. The topological polar surface area (TPSA) is 116 Å². The van der Waals surface area contributed by atoms with Crippen LogP contribution in [0, 0.1) is 6.92 Å². The molecule has 2 aromatic heterocycles. The number of aryl methyl sites for hydroxylation is 1. The molecule has 1 N–H and O–H groups in total. The number of hydrogen-bond donors (Lipinski definition) is 1. The van der Waals surface area contributed by atoms with Crippen molar-refractivity contribution in [2.24, 2.45) is 0 Å². The van der Waals surface area contributed by atoms with Gasteiger partial charge >= 0.3 is 0 Å². The predicted molar refractivity (Wildman–Crippen MR) is 125 cm³/mol. The fourth-order valence-corrected chi connectivity index (χ4v) is 4.80. The quantitative estimate of drug-likeness (QED) is 0.377. The van der Waals surface area contributed by atoms with Crippen molar-refractivity contribution in [3.05, 3.63) is 81.9 Å². The summed E-state index contributed by atoms with van der Waals surface area (Å²) in [5.74, 6) is 0.0923. The van der Waals surface area contributed by atoms with Crippen LogP contribution in [0.2, 0.25) is 10.0 Å². The number of rotatable bonds is 7. The first kappa shape index (κ1) is 23.8. The van der Waals surface area contributed by atoms with Gasteiger partial charge in [-0.15, -0.1) is 0 Å². The molecule has 0 atom stereocenters. The number of sulfone groups is 1. The molecule has 0 bridgehead atoms. The van der Waals surface area contributed by atoms with Crippen LogP contribution >= 0.6 is 23.2 Å². The maximum absolute atomic E-state index is 13.1. The highest BCUT2D eigenvalue weighted by Gasteiger charge is 2.23. The number of carbonyl (C=O) groups is 1. The van der Waals surface area contributed by atoms with Gasteiger partial charge in [0.05, 0.1) is 34.7 Å². The molecule has 4 rings (SSSR count). The molecule has 12 heteroatoms. The van der Waals surface area contributed by atoms with Crippen LogP contribution in [0.3, 0.4) is 0 Å². The number of benzene rings is 2. The van der Waals surface area contributed by atoms with Gasteiger partial charge in [0.2, 0.25) is 9.84 Å². The lowest BCUT2D eigenvalue weighted by molar-refractivity contribution is 0.101. The molecule has 4 aromatic rings. The number of methoxy groups -OCH3 is 1. The minimum absolute atomic E-state index is 0.0362. The zero-order chi connectivity index (χ0) is 24.5. The summed E-state index contributed by atoms with van der Waals surface area (Å²) in [6.07, 6.45) is 3.08. The number of aromatic nitrogens is 3. The van der Waals surface area contributed by atoms with E-state index < -0.39 is 15.7 Å². The number of hydrogen-bond acceptors (Lipinski definition) is 7. The second kappa shape index (κ2) is 9.49. The van der Waals surface area contributed by atoms with Gasteiger partial charge in [0.25, 0.3) is 5.91 Å². The summed E-state index contributed by atoms with van der Waals surface area (Å²) >= 11 is 11.8. The maximum atomic E-state index is 13.1. The summed E-state index contributed by atoms with van der Waals surface area (Å²) in [6, 6.07) is 9.98.